The van der Waals surface area contributed by atoms with Crippen molar-refractivity contribution in [1.82, 2.24) is 9.90 Å². The molecule has 1 amide bonds. The zero-order chi connectivity index (χ0) is 6.41. The van der Waals surface area contributed by atoms with Crippen LogP contribution in [0, 0.1) is 0 Å². The summed E-state index contributed by atoms with van der Waals surface area (Å²) in [7, 11) is 0. The Morgan fingerprint density at radius 2 is 2.38 bits per heavy atom. The van der Waals surface area contributed by atoms with E-state index in [-0.39, 0.29) is 5.91 Å². The van der Waals surface area contributed by atoms with Gasteiger partial charge >= 0.3 is 56.3 Å². The predicted molar refractivity (Wildman–Crippen MR) is 26.2 cm³/mol. The van der Waals surface area contributed by atoms with Gasteiger partial charge < -0.3 is 0 Å². The van der Waals surface area contributed by atoms with Gasteiger partial charge in [-0.05, 0) is 0 Å². The van der Waals surface area contributed by atoms with Gasteiger partial charge in [0.05, 0.1) is 0 Å². The first-order chi connectivity index (χ1) is 3.81. The first-order valence-electron chi connectivity index (χ1n) is 2.43. The van der Waals surface area contributed by atoms with Crippen molar-refractivity contribution in [1.29, 1.82) is 0 Å². The van der Waals surface area contributed by atoms with Crippen LogP contribution in [-0.2, 0) is 20.7 Å². The van der Waals surface area contributed by atoms with Crippen molar-refractivity contribution in [3.8, 4) is 0 Å². The van der Waals surface area contributed by atoms with E-state index in [9.17, 15) is 4.79 Å². The molecule has 0 aromatic carbocycles. The maximum absolute atomic E-state index is 10.4. The third-order valence-electron chi connectivity index (χ3n) is 0.658. The van der Waals surface area contributed by atoms with Crippen molar-refractivity contribution in [2.45, 2.75) is 19.8 Å². The fourth-order valence-electron chi connectivity index (χ4n) is 0.336. The average molecular weight is 160 g/mol. The summed E-state index contributed by atoms with van der Waals surface area (Å²) in [5, 5.41) is 0. The second kappa shape index (κ2) is 5.08. The van der Waals surface area contributed by atoms with Crippen LogP contribution >= 0.6 is 0 Å². The minimum atomic E-state index is -0.0272. The zero-order valence-electron chi connectivity index (χ0n) is 4.66. The standard InChI is InChI=1S/C4H9N2O.Co/c1-2-3-4(7)6-5;/h5H,2-3H2,1H3,(H,6,7);/q-1;+1. The van der Waals surface area contributed by atoms with E-state index < -0.39 is 0 Å². The Morgan fingerprint density at radius 3 is 2.75 bits per heavy atom. The van der Waals surface area contributed by atoms with Crippen molar-refractivity contribution < 1.29 is 20.7 Å². The predicted octanol–water partition coefficient (Wildman–Crippen LogP) is -0.131. The minimum absolute atomic E-state index is 0.0272. The molecule has 0 bridgehead atoms. The molecule has 0 aliphatic carbocycles. The molecule has 0 heterocycles. The third kappa shape index (κ3) is 4.10. The Bertz CT molecular complexity index is 68.4. The molecule has 0 atom stereocenters. The molecule has 0 aliphatic rings. The van der Waals surface area contributed by atoms with Gasteiger partial charge in [0.15, 0.2) is 0 Å². The number of amides is 1. The van der Waals surface area contributed by atoms with Crippen molar-refractivity contribution in [3.05, 3.63) is 0 Å². The molecule has 0 fully saturated rings. The van der Waals surface area contributed by atoms with Crippen LogP contribution in [0.25, 0.3) is 0 Å². The fourth-order valence-corrected chi connectivity index (χ4v) is 0.481. The van der Waals surface area contributed by atoms with E-state index >= 15 is 0 Å². The number of carbonyl (C=O) groups is 1. The van der Waals surface area contributed by atoms with Gasteiger partial charge in [0.2, 0.25) is 0 Å². The first kappa shape index (κ1) is 7.94. The molecule has 0 saturated carbocycles. The summed E-state index contributed by atoms with van der Waals surface area (Å²) in [5.41, 5.74) is 2.32. The van der Waals surface area contributed by atoms with E-state index in [1.54, 1.807) is 0 Å². The molecule has 0 aromatic rings. The van der Waals surface area contributed by atoms with E-state index in [2.05, 4.69) is 25.9 Å². The number of hydrogen-bond donors (Lipinski definition) is 2. The van der Waals surface area contributed by atoms with E-state index in [1.165, 1.54) is 0 Å². The molecular formula is C4H9CoN2O. The second-order valence-electron chi connectivity index (χ2n) is 1.38. The second-order valence-corrected chi connectivity index (χ2v) is 1.64. The summed E-state index contributed by atoms with van der Waals surface area (Å²) >= 11 is 3.61. The topological polar surface area (TPSA) is 41.1 Å². The first-order valence-corrected chi connectivity index (χ1v) is 2.95. The molecule has 0 spiro atoms. The van der Waals surface area contributed by atoms with Gasteiger partial charge in [-0.2, -0.15) is 0 Å². The van der Waals surface area contributed by atoms with E-state index in [0.29, 0.717) is 6.42 Å². The molecule has 4 heteroatoms. The molecular weight excluding hydrogens is 151 g/mol. The van der Waals surface area contributed by atoms with Crippen LogP contribution in [0.15, 0.2) is 0 Å². The SMILES string of the molecule is CCCC(=O)N[NH][Co]. The molecule has 0 aliphatic heterocycles. The number of hydrazine groups is 1. The summed E-state index contributed by atoms with van der Waals surface area (Å²) in [6.45, 7) is 1.94. The van der Waals surface area contributed by atoms with Gasteiger partial charge in [-0.3, -0.25) is 0 Å². The van der Waals surface area contributed by atoms with Crippen LogP contribution in [0.1, 0.15) is 19.8 Å². The van der Waals surface area contributed by atoms with Crippen molar-refractivity contribution >= 4 is 5.91 Å². The van der Waals surface area contributed by atoms with Crippen LogP contribution in [-0.4, -0.2) is 5.91 Å². The van der Waals surface area contributed by atoms with Gasteiger partial charge in [-0.15, -0.1) is 0 Å². The summed E-state index contributed by atoms with van der Waals surface area (Å²) < 4.78 is 2.24. The fraction of sp³-hybridized carbons (Fsp3) is 0.750. The van der Waals surface area contributed by atoms with E-state index in [0.717, 1.165) is 6.42 Å². The summed E-state index contributed by atoms with van der Waals surface area (Å²) in [4.78, 5) is 10.4. The number of hydrogen-bond acceptors (Lipinski definition) is 2. The Hall–Kier alpha value is -0.0635. The summed E-state index contributed by atoms with van der Waals surface area (Å²) in [6, 6.07) is 0. The molecule has 0 saturated heterocycles. The molecule has 3 nitrogen and oxygen atoms in total. The molecule has 8 heavy (non-hydrogen) atoms. The van der Waals surface area contributed by atoms with Crippen molar-refractivity contribution in [2.24, 2.45) is 0 Å². The molecule has 50 valence electrons. The third-order valence-corrected chi connectivity index (χ3v) is 0.788. The van der Waals surface area contributed by atoms with Gasteiger partial charge in [-0.1, -0.05) is 0 Å². The molecule has 0 unspecified atom stereocenters. The molecule has 2 N–H and O–H groups in total. The van der Waals surface area contributed by atoms with Crippen molar-refractivity contribution in [3.63, 3.8) is 0 Å². The van der Waals surface area contributed by atoms with Gasteiger partial charge in [0.25, 0.3) is 0 Å². The van der Waals surface area contributed by atoms with Gasteiger partial charge in [0, 0.05) is 0 Å². The molecule has 0 radical (unpaired) electrons. The normalized spacial score (nSPS) is 8.88. The quantitative estimate of drug-likeness (QED) is 0.564. The number of rotatable bonds is 3. The van der Waals surface area contributed by atoms with E-state index in [1.807, 2.05) is 6.92 Å². The Kier molecular flexibility index (Phi) is 5.04. The van der Waals surface area contributed by atoms with Crippen LogP contribution < -0.4 is 9.90 Å². The van der Waals surface area contributed by atoms with Crippen LogP contribution in [0.2, 0.25) is 0 Å². The molecule has 0 aromatic heterocycles. The van der Waals surface area contributed by atoms with Crippen molar-refractivity contribution in [2.75, 3.05) is 0 Å². The average Bonchev–Trinajstić information content (AvgIpc) is 1.68. The summed E-state index contributed by atoms with van der Waals surface area (Å²) in [5.74, 6) is -0.0272. The number of nitrogens with one attached hydrogen (secondary N) is 2. The Morgan fingerprint density at radius 1 is 1.75 bits per heavy atom. The van der Waals surface area contributed by atoms with Gasteiger partial charge in [0.1, 0.15) is 0 Å². The van der Waals surface area contributed by atoms with E-state index in [4.69, 9.17) is 0 Å². The van der Waals surface area contributed by atoms with Crippen LogP contribution in [0.4, 0.5) is 0 Å². The van der Waals surface area contributed by atoms with Gasteiger partial charge in [-0.25, -0.2) is 0 Å². The monoisotopic (exact) mass is 160 g/mol. The van der Waals surface area contributed by atoms with Crippen LogP contribution in [0.3, 0.4) is 0 Å². The van der Waals surface area contributed by atoms with Crippen LogP contribution in [0.5, 0.6) is 0 Å². The zero-order valence-corrected chi connectivity index (χ0v) is 5.70. The molecule has 0 rings (SSSR count). The Balaban J connectivity index is 3.06. The Labute approximate surface area is 57.0 Å². The maximum atomic E-state index is 10.4. The summed E-state index contributed by atoms with van der Waals surface area (Å²) in [6.07, 6.45) is 1.41. The number of carbonyl (C=O) groups excluding carboxylic acids is 1.